The monoisotopic (exact) mass is 353 g/mol. The number of halogens is 1. The molecule has 1 aromatic rings. The Morgan fingerprint density at radius 2 is 2.08 bits per heavy atom. The maximum atomic E-state index is 12.3. The summed E-state index contributed by atoms with van der Waals surface area (Å²) in [5, 5.41) is 21.2. The van der Waals surface area contributed by atoms with Crippen LogP contribution in [-0.2, 0) is 0 Å². The summed E-state index contributed by atoms with van der Waals surface area (Å²) >= 11 is 5.83. The molecule has 0 saturated carbocycles. The van der Waals surface area contributed by atoms with Gasteiger partial charge >= 0.3 is 13.1 Å². The van der Waals surface area contributed by atoms with Gasteiger partial charge in [-0.3, -0.25) is 0 Å². The van der Waals surface area contributed by atoms with Crippen molar-refractivity contribution >= 4 is 30.4 Å². The van der Waals surface area contributed by atoms with Crippen LogP contribution in [0.1, 0.15) is 25.7 Å². The van der Waals surface area contributed by atoms with E-state index in [0.29, 0.717) is 30.4 Å². The molecule has 1 aliphatic rings. The summed E-state index contributed by atoms with van der Waals surface area (Å²) in [6, 6.07) is 6.95. The molecule has 132 valence electrons. The van der Waals surface area contributed by atoms with Crippen LogP contribution in [0.3, 0.4) is 0 Å². The zero-order valence-electron chi connectivity index (χ0n) is 13.7. The first kappa shape index (κ1) is 19.1. The van der Waals surface area contributed by atoms with E-state index in [1.165, 1.54) is 0 Å². The molecular formula is C16H25BClN3O3. The molecule has 1 saturated heterocycles. The molecule has 2 rings (SSSR count). The molecular weight excluding hydrogens is 328 g/mol. The van der Waals surface area contributed by atoms with Gasteiger partial charge in [-0.15, -0.1) is 0 Å². The van der Waals surface area contributed by atoms with Gasteiger partial charge in [0.1, 0.15) is 0 Å². The van der Waals surface area contributed by atoms with Gasteiger partial charge in [-0.1, -0.05) is 24.4 Å². The first-order chi connectivity index (χ1) is 11.5. The summed E-state index contributed by atoms with van der Waals surface area (Å²) in [6.45, 7) is 1.36. The molecule has 8 heteroatoms. The number of benzene rings is 1. The molecule has 0 bridgehead atoms. The molecule has 0 aliphatic carbocycles. The van der Waals surface area contributed by atoms with Crippen molar-refractivity contribution in [3.63, 3.8) is 0 Å². The summed E-state index contributed by atoms with van der Waals surface area (Å²) in [6.07, 6.45) is 3.74. The van der Waals surface area contributed by atoms with Crippen LogP contribution in [-0.4, -0.2) is 47.2 Å². The zero-order chi connectivity index (χ0) is 17.5. The van der Waals surface area contributed by atoms with Crippen LogP contribution in [0.4, 0.5) is 10.5 Å². The molecule has 1 aliphatic heterocycles. The lowest BCUT2D eigenvalue weighted by molar-refractivity contribution is 0.219. The van der Waals surface area contributed by atoms with Crippen molar-refractivity contribution in [2.24, 2.45) is 11.7 Å². The first-order valence-corrected chi connectivity index (χ1v) is 8.76. The molecule has 2 atom stereocenters. The third-order valence-electron chi connectivity index (χ3n) is 4.46. The van der Waals surface area contributed by atoms with Crippen molar-refractivity contribution in [1.82, 2.24) is 4.90 Å². The van der Waals surface area contributed by atoms with Gasteiger partial charge in [-0.25, -0.2) is 4.79 Å². The number of carbonyl (C=O) groups is 1. The Kier molecular flexibility index (Phi) is 7.36. The van der Waals surface area contributed by atoms with E-state index in [1.54, 1.807) is 29.2 Å². The Labute approximate surface area is 148 Å². The molecule has 1 fully saturated rings. The maximum Gasteiger partial charge on any atom is 0.451 e. The molecule has 1 heterocycles. The highest BCUT2D eigenvalue weighted by molar-refractivity contribution is 6.40. The summed E-state index contributed by atoms with van der Waals surface area (Å²) in [5.74, 6) is 0.292. The summed E-state index contributed by atoms with van der Waals surface area (Å²) in [5.41, 5.74) is 6.95. The van der Waals surface area contributed by atoms with Gasteiger partial charge in [-0.2, -0.15) is 0 Å². The second-order valence-corrected chi connectivity index (χ2v) is 6.80. The fraction of sp³-hybridized carbons (Fsp3) is 0.562. The first-order valence-electron chi connectivity index (χ1n) is 8.39. The number of nitrogens with zero attached hydrogens (tertiary/aromatic N) is 1. The number of amides is 2. The minimum atomic E-state index is -1.24. The topological polar surface area (TPSA) is 98.8 Å². The van der Waals surface area contributed by atoms with Crippen LogP contribution in [0.5, 0.6) is 0 Å². The van der Waals surface area contributed by atoms with Crippen LogP contribution >= 0.6 is 11.6 Å². The highest BCUT2D eigenvalue weighted by Gasteiger charge is 2.30. The lowest BCUT2D eigenvalue weighted by Crippen LogP contribution is -2.36. The van der Waals surface area contributed by atoms with E-state index in [2.05, 4.69) is 5.32 Å². The largest absolute Gasteiger partial charge is 0.451 e. The summed E-state index contributed by atoms with van der Waals surface area (Å²) in [4.78, 5) is 14.1. The van der Waals surface area contributed by atoms with Crippen molar-refractivity contribution in [3.8, 4) is 0 Å². The van der Waals surface area contributed by atoms with E-state index in [9.17, 15) is 4.79 Å². The predicted octanol–water partition coefficient (Wildman–Crippen LogP) is 2.16. The molecule has 0 spiro atoms. The number of hydrogen-bond donors (Lipinski definition) is 4. The molecule has 0 radical (unpaired) electrons. The number of carbonyl (C=O) groups excluding carboxylic acids is 1. The molecule has 24 heavy (non-hydrogen) atoms. The Bertz CT molecular complexity index is 530. The molecule has 1 aromatic carbocycles. The van der Waals surface area contributed by atoms with Crippen LogP contribution in [0.25, 0.3) is 0 Å². The van der Waals surface area contributed by atoms with Gasteiger partial charge in [0.25, 0.3) is 0 Å². The van der Waals surface area contributed by atoms with Crippen LogP contribution < -0.4 is 11.1 Å². The van der Waals surface area contributed by atoms with Crippen LogP contribution in [0.15, 0.2) is 24.3 Å². The fourth-order valence-electron chi connectivity index (χ4n) is 3.00. The lowest BCUT2D eigenvalue weighted by atomic mass is 9.82. The highest BCUT2D eigenvalue weighted by atomic mass is 35.5. The van der Waals surface area contributed by atoms with Crippen molar-refractivity contribution in [2.45, 2.75) is 38.0 Å². The number of urea groups is 1. The number of hydrogen-bond acceptors (Lipinski definition) is 4. The van der Waals surface area contributed by atoms with Gasteiger partial charge in [0.05, 0.1) is 0 Å². The quantitative estimate of drug-likeness (QED) is 0.446. The number of nitrogens with one attached hydrogen (secondary N) is 1. The van der Waals surface area contributed by atoms with Crippen molar-refractivity contribution in [1.29, 1.82) is 0 Å². The van der Waals surface area contributed by atoms with Gasteiger partial charge < -0.3 is 26.0 Å². The van der Waals surface area contributed by atoms with Crippen LogP contribution in [0, 0.1) is 5.92 Å². The highest BCUT2D eigenvalue weighted by Crippen LogP contribution is 2.23. The Morgan fingerprint density at radius 3 is 2.75 bits per heavy atom. The van der Waals surface area contributed by atoms with Gasteiger partial charge in [0.2, 0.25) is 0 Å². The summed E-state index contributed by atoms with van der Waals surface area (Å²) in [7, 11) is -1.24. The SMILES string of the molecule is NC(CCCCB(O)O)C1CCN(C(=O)Nc2ccc(Cl)cc2)C1. The summed E-state index contributed by atoms with van der Waals surface area (Å²) < 4.78 is 0. The van der Waals surface area contributed by atoms with E-state index in [0.717, 1.165) is 31.4 Å². The lowest BCUT2D eigenvalue weighted by Gasteiger charge is -2.21. The molecule has 0 aromatic heterocycles. The average molecular weight is 354 g/mol. The third-order valence-corrected chi connectivity index (χ3v) is 4.71. The third kappa shape index (κ3) is 5.98. The van der Waals surface area contributed by atoms with Gasteiger partial charge in [0, 0.05) is 29.8 Å². The standard InChI is InChI=1S/C16H25BClN3O3/c18-13-4-6-14(7-5-13)20-16(22)21-10-8-12(11-21)15(19)3-1-2-9-17(23)24/h4-7,12,15,23-24H,1-3,8-11,19H2,(H,20,22). The zero-order valence-corrected chi connectivity index (χ0v) is 14.5. The van der Waals surface area contributed by atoms with E-state index in [-0.39, 0.29) is 12.1 Å². The van der Waals surface area contributed by atoms with Crippen molar-refractivity contribution in [3.05, 3.63) is 29.3 Å². The van der Waals surface area contributed by atoms with Crippen LogP contribution in [0.2, 0.25) is 11.3 Å². The molecule has 2 unspecified atom stereocenters. The van der Waals surface area contributed by atoms with E-state index in [4.69, 9.17) is 27.4 Å². The van der Waals surface area contributed by atoms with E-state index < -0.39 is 7.12 Å². The molecule has 2 amide bonds. The number of likely N-dealkylation sites (tertiary alicyclic amines) is 1. The maximum absolute atomic E-state index is 12.3. The minimum absolute atomic E-state index is 0.0363. The minimum Gasteiger partial charge on any atom is -0.427 e. The number of rotatable bonds is 7. The Hall–Kier alpha value is -1.28. The number of unbranched alkanes of at least 4 members (excludes halogenated alkanes) is 1. The fourth-order valence-corrected chi connectivity index (χ4v) is 3.13. The molecule has 6 nitrogen and oxygen atoms in total. The predicted molar refractivity (Wildman–Crippen MR) is 97.0 cm³/mol. The Morgan fingerprint density at radius 1 is 1.38 bits per heavy atom. The van der Waals surface area contributed by atoms with E-state index in [1.807, 2.05) is 0 Å². The second-order valence-electron chi connectivity index (χ2n) is 6.36. The van der Waals surface area contributed by atoms with E-state index >= 15 is 0 Å². The number of anilines is 1. The normalized spacial score (nSPS) is 18.5. The molecule has 5 N–H and O–H groups in total. The van der Waals surface area contributed by atoms with Crippen molar-refractivity contribution in [2.75, 3.05) is 18.4 Å². The number of nitrogens with two attached hydrogens (primary N) is 1. The van der Waals surface area contributed by atoms with Crippen molar-refractivity contribution < 1.29 is 14.8 Å². The van der Waals surface area contributed by atoms with Gasteiger partial charge in [-0.05, 0) is 49.3 Å². The average Bonchev–Trinajstić information content (AvgIpc) is 3.03. The Balaban J connectivity index is 1.73. The van der Waals surface area contributed by atoms with Gasteiger partial charge in [0.15, 0.2) is 0 Å². The smallest absolute Gasteiger partial charge is 0.427 e. The second kappa shape index (κ2) is 9.27.